The molecule has 4 aliphatic rings. The van der Waals surface area contributed by atoms with Crippen LogP contribution in [0.5, 0.6) is 0 Å². The fourth-order valence-corrected chi connectivity index (χ4v) is 8.85. The molecular formula is C29H43NO. The van der Waals surface area contributed by atoms with E-state index in [0.717, 1.165) is 17.8 Å². The first kappa shape index (κ1) is 21.7. The van der Waals surface area contributed by atoms with Gasteiger partial charge in [0, 0.05) is 11.5 Å². The lowest BCUT2D eigenvalue weighted by Crippen LogP contribution is -2.67. The number of carbonyl (C=O) groups excluding carboxylic acids is 1. The van der Waals surface area contributed by atoms with E-state index in [1.54, 1.807) is 5.56 Å². The highest BCUT2D eigenvalue weighted by Gasteiger charge is 2.61. The smallest absolute Gasteiger partial charge is 0.149 e. The molecule has 0 radical (unpaired) electrons. The topological polar surface area (TPSA) is 29.1 Å². The fraction of sp³-hybridized carbons (Fsp3) is 0.759. The number of nitrogens with one attached hydrogen (secondary N) is 1. The number of Topliss-reactive ketones (excluding diaryl/α,β-unsaturated/α-hetero) is 1. The van der Waals surface area contributed by atoms with Crippen molar-refractivity contribution in [2.75, 3.05) is 6.54 Å². The highest BCUT2D eigenvalue weighted by molar-refractivity contribution is 5.84. The van der Waals surface area contributed by atoms with Gasteiger partial charge in [0.05, 0.1) is 6.54 Å². The quantitative estimate of drug-likeness (QED) is 0.562. The molecule has 1 aromatic carbocycles. The molecule has 2 nitrogen and oxygen atoms in total. The summed E-state index contributed by atoms with van der Waals surface area (Å²) >= 11 is 0. The van der Waals surface area contributed by atoms with Crippen LogP contribution in [-0.4, -0.2) is 17.9 Å². The van der Waals surface area contributed by atoms with E-state index >= 15 is 0 Å². The van der Waals surface area contributed by atoms with Crippen LogP contribution in [0.3, 0.4) is 0 Å². The van der Waals surface area contributed by atoms with E-state index in [4.69, 9.17) is 0 Å². The molecule has 1 heterocycles. The van der Waals surface area contributed by atoms with Crippen molar-refractivity contribution < 1.29 is 4.79 Å². The second-order valence-electron chi connectivity index (χ2n) is 13.0. The average Bonchev–Trinajstić information content (AvgIpc) is 3.08. The first-order valence-corrected chi connectivity index (χ1v) is 12.9. The third-order valence-electron chi connectivity index (χ3n) is 10.7. The first-order valence-electron chi connectivity index (χ1n) is 12.9. The molecule has 4 fully saturated rings. The van der Waals surface area contributed by atoms with Gasteiger partial charge in [-0.1, -0.05) is 58.9 Å². The Morgan fingerprint density at radius 2 is 1.71 bits per heavy atom. The summed E-state index contributed by atoms with van der Waals surface area (Å²) in [5, 5.41) is 3.79. The first-order chi connectivity index (χ1) is 14.6. The van der Waals surface area contributed by atoms with E-state index in [2.05, 4.69) is 71.1 Å². The van der Waals surface area contributed by atoms with Crippen molar-refractivity contribution in [1.29, 1.82) is 0 Å². The summed E-state index contributed by atoms with van der Waals surface area (Å²) in [6.07, 6.45) is 7.97. The van der Waals surface area contributed by atoms with E-state index in [1.165, 1.54) is 44.1 Å². The molecule has 1 aromatic rings. The highest BCUT2D eigenvalue weighted by Crippen LogP contribution is 2.66. The second-order valence-corrected chi connectivity index (χ2v) is 13.0. The largest absolute Gasteiger partial charge is 0.304 e. The SMILES string of the molecule is CC1C(=O)CN[C@@]2(C)C1CC[C@@H]1[C@H]2CC[C@]2(C)C(c3cccc(C(C)(C)C)c3)CC[C@@H]12. The minimum absolute atomic E-state index is 0.155. The molecule has 3 saturated carbocycles. The molecule has 1 N–H and O–H groups in total. The lowest BCUT2D eigenvalue weighted by Gasteiger charge is -2.61. The summed E-state index contributed by atoms with van der Waals surface area (Å²) in [6.45, 7) is 14.9. The summed E-state index contributed by atoms with van der Waals surface area (Å²) in [4.78, 5) is 12.4. The highest BCUT2D eigenvalue weighted by atomic mass is 16.1. The van der Waals surface area contributed by atoms with E-state index < -0.39 is 0 Å². The zero-order valence-corrected chi connectivity index (χ0v) is 20.6. The summed E-state index contributed by atoms with van der Waals surface area (Å²) in [5.74, 6) is 4.29. The van der Waals surface area contributed by atoms with Crippen LogP contribution in [0.15, 0.2) is 24.3 Å². The van der Waals surface area contributed by atoms with Crippen LogP contribution in [0, 0.1) is 35.0 Å². The number of benzene rings is 1. The third-order valence-corrected chi connectivity index (χ3v) is 10.7. The van der Waals surface area contributed by atoms with E-state index in [0.29, 0.717) is 29.6 Å². The predicted molar refractivity (Wildman–Crippen MR) is 128 cm³/mol. The lowest BCUT2D eigenvalue weighted by atomic mass is 9.47. The number of rotatable bonds is 1. The minimum atomic E-state index is 0.155. The summed E-state index contributed by atoms with van der Waals surface area (Å²) in [7, 11) is 0. The molecule has 5 rings (SSSR count). The van der Waals surface area contributed by atoms with Crippen molar-refractivity contribution in [3.8, 4) is 0 Å². The van der Waals surface area contributed by atoms with Gasteiger partial charge in [-0.25, -0.2) is 0 Å². The van der Waals surface area contributed by atoms with E-state index in [-0.39, 0.29) is 16.9 Å². The number of piperidine rings is 1. The van der Waals surface area contributed by atoms with Gasteiger partial charge in [0.15, 0.2) is 0 Å². The number of ketones is 1. The Kier molecular flexibility index (Phi) is 5.02. The maximum atomic E-state index is 12.4. The monoisotopic (exact) mass is 421 g/mol. The van der Waals surface area contributed by atoms with Crippen LogP contribution in [0.2, 0.25) is 0 Å². The predicted octanol–water partition coefficient (Wildman–Crippen LogP) is 6.49. The van der Waals surface area contributed by atoms with Gasteiger partial charge in [0.25, 0.3) is 0 Å². The maximum absolute atomic E-state index is 12.4. The van der Waals surface area contributed by atoms with Gasteiger partial charge < -0.3 is 5.32 Å². The molecule has 0 spiro atoms. The minimum Gasteiger partial charge on any atom is -0.304 e. The molecule has 1 saturated heterocycles. The van der Waals surface area contributed by atoms with Crippen molar-refractivity contribution >= 4 is 5.78 Å². The lowest BCUT2D eigenvalue weighted by molar-refractivity contribution is -0.137. The number of fused-ring (bicyclic) bond motifs is 5. The Labute approximate surface area is 190 Å². The molecule has 170 valence electrons. The van der Waals surface area contributed by atoms with Gasteiger partial charge in [-0.15, -0.1) is 0 Å². The molecule has 0 bridgehead atoms. The summed E-state index contributed by atoms with van der Waals surface area (Å²) in [6, 6.07) is 9.55. The van der Waals surface area contributed by atoms with E-state index in [1.807, 2.05) is 0 Å². The van der Waals surface area contributed by atoms with Gasteiger partial charge in [-0.2, -0.15) is 0 Å². The molecule has 2 heteroatoms. The second kappa shape index (κ2) is 7.17. The maximum Gasteiger partial charge on any atom is 0.149 e. The van der Waals surface area contributed by atoms with Gasteiger partial charge in [-0.3, -0.25) is 4.79 Å². The Balaban J connectivity index is 1.43. The zero-order chi connectivity index (χ0) is 22.2. The van der Waals surface area contributed by atoms with Crippen molar-refractivity contribution in [1.82, 2.24) is 5.32 Å². The third kappa shape index (κ3) is 3.18. The van der Waals surface area contributed by atoms with Gasteiger partial charge in [0.2, 0.25) is 0 Å². The number of hydrogen-bond acceptors (Lipinski definition) is 2. The molecule has 0 amide bonds. The van der Waals surface area contributed by atoms with Crippen molar-refractivity contribution in [3.05, 3.63) is 35.4 Å². The van der Waals surface area contributed by atoms with Crippen LogP contribution in [0.1, 0.15) is 97.1 Å². The summed E-state index contributed by atoms with van der Waals surface area (Å²) in [5.41, 5.74) is 3.86. The van der Waals surface area contributed by atoms with Crippen molar-refractivity contribution in [3.63, 3.8) is 0 Å². The van der Waals surface area contributed by atoms with Gasteiger partial charge in [0.1, 0.15) is 5.78 Å². The Morgan fingerprint density at radius 3 is 2.45 bits per heavy atom. The van der Waals surface area contributed by atoms with Crippen molar-refractivity contribution in [2.45, 2.75) is 96.9 Å². The van der Waals surface area contributed by atoms with Crippen LogP contribution >= 0.6 is 0 Å². The Morgan fingerprint density at radius 1 is 0.968 bits per heavy atom. The van der Waals surface area contributed by atoms with Crippen molar-refractivity contribution in [2.24, 2.45) is 35.0 Å². The Bertz CT molecular complexity index is 868. The Hall–Kier alpha value is -1.15. The molecule has 3 unspecified atom stereocenters. The molecule has 31 heavy (non-hydrogen) atoms. The van der Waals surface area contributed by atoms with Crippen LogP contribution < -0.4 is 5.32 Å². The summed E-state index contributed by atoms with van der Waals surface area (Å²) < 4.78 is 0. The molecule has 8 atom stereocenters. The normalized spacial score (nSPS) is 45.0. The number of hydrogen-bond donors (Lipinski definition) is 1. The van der Waals surface area contributed by atoms with Crippen LogP contribution in [-0.2, 0) is 10.2 Å². The van der Waals surface area contributed by atoms with Crippen LogP contribution in [0.25, 0.3) is 0 Å². The fourth-order valence-electron chi connectivity index (χ4n) is 8.85. The average molecular weight is 422 g/mol. The standard InChI is InChI=1S/C29H43NO/c1-18-22-11-10-21-24-13-12-23(19-8-7-9-20(16-19)27(2,3)4)28(24,5)15-14-25(21)29(22,6)30-17-26(18)31/h7-9,16,18,21-25,30H,10-15,17H2,1-6H3/t18?,21-,22?,23?,24-,25+,28+,29-/m0/s1. The molecule has 0 aromatic heterocycles. The van der Waals surface area contributed by atoms with Gasteiger partial charge in [-0.05, 0) is 97.0 Å². The zero-order valence-electron chi connectivity index (χ0n) is 20.6. The molecule has 1 aliphatic heterocycles. The molecule has 3 aliphatic carbocycles. The number of carbonyl (C=O) groups is 1. The molecular weight excluding hydrogens is 378 g/mol. The van der Waals surface area contributed by atoms with Gasteiger partial charge >= 0.3 is 0 Å². The van der Waals surface area contributed by atoms with Crippen LogP contribution in [0.4, 0.5) is 0 Å². The van der Waals surface area contributed by atoms with E-state index in [9.17, 15) is 4.79 Å².